The summed E-state index contributed by atoms with van der Waals surface area (Å²) in [6.45, 7) is 3.22. The van der Waals surface area contributed by atoms with Crippen molar-refractivity contribution in [3.05, 3.63) is 64.1 Å². The second-order valence-electron chi connectivity index (χ2n) is 8.18. The first-order valence-electron chi connectivity index (χ1n) is 10.7. The van der Waals surface area contributed by atoms with Gasteiger partial charge < -0.3 is 14.2 Å². The molecule has 3 aromatic rings. The summed E-state index contributed by atoms with van der Waals surface area (Å²) in [7, 11) is 1.67. The van der Waals surface area contributed by atoms with Gasteiger partial charge in [-0.1, -0.05) is 6.92 Å². The van der Waals surface area contributed by atoms with Crippen LogP contribution in [-0.4, -0.2) is 28.7 Å². The Hall–Kier alpha value is -3.54. The Balaban J connectivity index is 1.58. The lowest BCUT2D eigenvalue weighted by atomic mass is 9.91. The molecule has 0 amide bonds. The molecule has 0 bridgehead atoms. The van der Waals surface area contributed by atoms with Gasteiger partial charge in [-0.3, -0.25) is 4.79 Å². The number of nitriles is 1. The zero-order chi connectivity index (χ0) is 23.8. The van der Waals surface area contributed by atoms with E-state index in [0.29, 0.717) is 42.0 Å². The molecule has 4 rings (SSSR count). The van der Waals surface area contributed by atoms with Gasteiger partial charge >= 0.3 is 6.18 Å². The molecule has 6 nitrogen and oxygen atoms in total. The van der Waals surface area contributed by atoms with Gasteiger partial charge in [-0.05, 0) is 42.8 Å². The van der Waals surface area contributed by atoms with Crippen molar-refractivity contribution in [2.45, 2.75) is 32.0 Å². The number of aromatic nitrogens is 2. The predicted molar refractivity (Wildman–Crippen MR) is 118 cm³/mol. The fourth-order valence-electron chi connectivity index (χ4n) is 4.29. The van der Waals surface area contributed by atoms with Crippen LogP contribution in [0.5, 0.6) is 5.75 Å². The summed E-state index contributed by atoms with van der Waals surface area (Å²) >= 11 is 0. The number of anilines is 1. The smallest absolute Gasteiger partial charge is 0.416 e. The Morgan fingerprint density at radius 2 is 1.94 bits per heavy atom. The molecule has 2 atom stereocenters. The van der Waals surface area contributed by atoms with Gasteiger partial charge in [0.2, 0.25) is 0 Å². The van der Waals surface area contributed by atoms with E-state index in [4.69, 9.17) is 4.74 Å². The van der Waals surface area contributed by atoms with Crippen LogP contribution in [0.15, 0.2) is 47.3 Å². The molecular formula is C24H23F3N4O2. The van der Waals surface area contributed by atoms with Crippen molar-refractivity contribution in [2.75, 3.05) is 18.0 Å². The number of alkyl halides is 3. The van der Waals surface area contributed by atoms with E-state index in [2.05, 4.69) is 9.88 Å². The molecule has 3 heterocycles. The van der Waals surface area contributed by atoms with Gasteiger partial charge in [0.05, 0.1) is 16.8 Å². The highest BCUT2D eigenvalue weighted by Gasteiger charge is 2.32. The number of pyridine rings is 2. The van der Waals surface area contributed by atoms with Crippen LogP contribution < -0.4 is 15.2 Å². The highest BCUT2D eigenvalue weighted by atomic mass is 19.4. The third-order valence-corrected chi connectivity index (χ3v) is 6.18. The first-order valence-corrected chi connectivity index (χ1v) is 10.7. The molecule has 0 radical (unpaired) electrons. The van der Waals surface area contributed by atoms with Crippen LogP contribution in [0.1, 0.15) is 31.0 Å². The molecule has 1 aliphatic rings. The standard InChI is InChI=1S/C24H23F3N4O2/c1-3-15-14-31(11-10-21(15)33-18-7-4-16(5-8-18)24(25,26)27)20-12-22(32)30(2)19-9-6-17(13-28)29-23(19)20/h4-9,12,15,21H,3,10-11,14H2,1-2H3/t15-,21-/m1/s1. The van der Waals surface area contributed by atoms with Crippen LogP contribution in [0.25, 0.3) is 11.0 Å². The monoisotopic (exact) mass is 456 g/mol. The number of benzene rings is 1. The first-order chi connectivity index (χ1) is 15.7. The minimum atomic E-state index is -4.38. The van der Waals surface area contributed by atoms with Crippen molar-refractivity contribution in [2.24, 2.45) is 13.0 Å². The number of hydrogen-bond acceptors (Lipinski definition) is 5. The van der Waals surface area contributed by atoms with Crippen LogP contribution in [0.2, 0.25) is 0 Å². The summed E-state index contributed by atoms with van der Waals surface area (Å²) < 4.78 is 46.0. The van der Waals surface area contributed by atoms with Crippen molar-refractivity contribution in [1.29, 1.82) is 5.26 Å². The summed E-state index contributed by atoms with van der Waals surface area (Å²) in [5.74, 6) is 0.499. The fourth-order valence-corrected chi connectivity index (χ4v) is 4.29. The quantitative estimate of drug-likeness (QED) is 0.578. The van der Waals surface area contributed by atoms with Crippen LogP contribution in [0.4, 0.5) is 18.9 Å². The van der Waals surface area contributed by atoms with E-state index in [1.165, 1.54) is 16.7 Å². The Bertz CT molecular complexity index is 1260. The zero-order valence-corrected chi connectivity index (χ0v) is 18.3. The van der Waals surface area contributed by atoms with E-state index in [1.54, 1.807) is 25.2 Å². The number of ether oxygens (including phenoxy) is 1. The Morgan fingerprint density at radius 3 is 2.58 bits per heavy atom. The van der Waals surface area contributed by atoms with Gasteiger partial charge in [0.15, 0.2) is 0 Å². The molecule has 0 aliphatic carbocycles. The minimum Gasteiger partial charge on any atom is -0.490 e. The first kappa shape index (κ1) is 22.6. The Kier molecular flexibility index (Phi) is 6.02. The molecule has 1 saturated heterocycles. The topological polar surface area (TPSA) is 71.2 Å². The highest BCUT2D eigenvalue weighted by molar-refractivity contribution is 5.88. The van der Waals surface area contributed by atoms with Crippen LogP contribution in [0, 0.1) is 17.2 Å². The number of halogens is 3. The van der Waals surface area contributed by atoms with Crippen LogP contribution in [-0.2, 0) is 13.2 Å². The van der Waals surface area contributed by atoms with Crippen molar-refractivity contribution in [3.8, 4) is 11.8 Å². The maximum absolute atomic E-state index is 12.8. The van der Waals surface area contributed by atoms with Crippen LogP contribution >= 0.6 is 0 Å². The Morgan fingerprint density at radius 1 is 1.21 bits per heavy atom. The average Bonchev–Trinajstić information content (AvgIpc) is 2.81. The van der Waals surface area contributed by atoms with E-state index in [1.807, 2.05) is 13.0 Å². The van der Waals surface area contributed by atoms with Crippen molar-refractivity contribution in [3.63, 3.8) is 0 Å². The molecular weight excluding hydrogens is 433 g/mol. The van der Waals surface area contributed by atoms with Crippen molar-refractivity contribution >= 4 is 16.7 Å². The Labute approximate surface area is 188 Å². The lowest BCUT2D eigenvalue weighted by molar-refractivity contribution is -0.137. The van der Waals surface area contributed by atoms with Gasteiger partial charge in [0.1, 0.15) is 29.1 Å². The van der Waals surface area contributed by atoms with Gasteiger partial charge in [0, 0.05) is 38.5 Å². The number of nitrogens with zero attached hydrogens (tertiary/aromatic N) is 4. The second-order valence-corrected chi connectivity index (χ2v) is 8.18. The summed E-state index contributed by atoms with van der Waals surface area (Å²) in [6.07, 6.45) is -3.12. The molecule has 0 N–H and O–H groups in total. The molecule has 1 fully saturated rings. The summed E-state index contributed by atoms with van der Waals surface area (Å²) in [6, 6.07) is 11.6. The molecule has 2 aromatic heterocycles. The van der Waals surface area contributed by atoms with E-state index < -0.39 is 11.7 Å². The van der Waals surface area contributed by atoms with Crippen LogP contribution in [0.3, 0.4) is 0 Å². The summed E-state index contributed by atoms with van der Waals surface area (Å²) in [5.41, 5.74) is 1.31. The largest absolute Gasteiger partial charge is 0.490 e. The zero-order valence-electron chi connectivity index (χ0n) is 18.3. The molecule has 0 saturated carbocycles. The number of rotatable bonds is 4. The lowest BCUT2D eigenvalue weighted by Gasteiger charge is -2.39. The van der Waals surface area contributed by atoms with E-state index in [0.717, 1.165) is 18.6 Å². The SMILES string of the molecule is CC[C@@H]1CN(c2cc(=O)n(C)c3ccc(C#N)nc23)CC[C@H]1Oc1ccc(C(F)(F)F)cc1. The third kappa shape index (κ3) is 4.51. The van der Waals surface area contributed by atoms with Gasteiger partial charge in [-0.2, -0.15) is 18.4 Å². The van der Waals surface area contributed by atoms with E-state index in [-0.39, 0.29) is 23.3 Å². The normalized spacial score (nSPS) is 18.8. The lowest BCUT2D eigenvalue weighted by Crippen LogP contribution is -2.46. The van der Waals surface area contributed by atoms with Gasteiger partial charge in [0.25, 0.3) is 5.56 Å². The molecule has 0 spiro atoms. The van der Waals surface area contributed by atoms with Gasteiger partial charge in [-0.25, -0.2) is 4.98 Å². The second kappa shape index (κ2) is 8.77. The average molecular weight is 456 g/mol. The van der Waals surface area contributed by atoms with Crippen molar-refractivity contribution < 1.29 is 17.9 Å². The molecule has 172 valence electrons. The molecule has 1 aliphatic heterocycles. The number of aryl methyl sites for hydroxylation is 1. The number of hydrogen-bond donors (Lipinski definition) is 0. The minimum absolute atomic E-state index is 0.0966. The van der Waals surface area contributed by atoms with Gasteiger partial charge in [-0.15, -0.1) is 0 Å². The highest BCUT2D eigenvalue weighted by Crippen LogP contribution is 2.33. The maximum Gasteiger partial charge on any atom is 0.416 e. The molecule has 9 heteroatoms. The fraction of sp³-hybridized carbons (Fsp3) is 0.375. The summed E-state index contributed by atoms with van der Waals surface area (Å²) in [5, 5.41) is 9.27. The summed E-state index contributed by atoms with van der Waals surface area (Å²) in [4.78, 5) is 19.1. The van der Waals surface area contributed by atoms with Crippen molar-refractivity contribution in [1.82, 2.24) is 9.55 Å². The number of piperidine rings is 1. The molecule has 1 aromatic carbocycles. The van der Waals surface area contributed by atoms with E-state index in [9.17, 15) is 23.2 Å². The third-order valence-electron chi connectivity index (χ3n) is 6.18. The molecule has 33 heavy (non-hydrogen) atoms. The molecule has 0 unspecified atom stereocenters. The van der Waals surface area contributed by atoms with E-state index >= 15 is 0 Å². The predicted octanol–water partition coefficient (Wildman–Crippen LogP) is 4.51. The maximum atomic E-state index is 12.8. The number of fused-ring (bicyclic) bond motifs is 1.